The number of furan rings is 1. The van der Waals surface area contributed by atoms with Crippen LogP contribution in [-0.4, -0.2) is 0 Å². The van der Waals surface area contributed by atoms with Crippen LogP contribution in [0.4, 0.5) is 0 Å². The molecule has 0 saturated carbocycles. The summed E-state index contributed by atoms with van der Waals surface area (Å²) in [7, 11) is 0. The van der Waals surface area contributed by atoms with Gasteiger partial charge in [0.15, 0.2) is 0 Å². The van der Waals surface area contributed by atoms with Gasteiger partial charge in [-0.2, -0.15) is 0 Å². The van der Waals surface area contributed by atoms with Crippen molar-refractivity contribution in [3.05, 3.63) is 182 Å². The van der Waals surface area contributed by atoms with Gasteiger partial charge in [0, 0.05) is 10.8 Å². The molecule has 1 heterocycles. The predicted molar refractivity (Wildman–Crippen MR) is 198 cm³/mol. The molecule has 0 bridgehead atoms. The Morgan fingerprint density at radius 1 is 0.277 bits per heavy atom. The van der Waals surface area contributed by atoms with Gasteiger partial charge in [-0.05, 0) is 109 Å². The van der Waals surface area contributed by atoms with Gasteiger partial charge in [0.25, 0.3) is 0 Å². The summed E-state index contributed by atoms with van der Waals surface area (Å²) in [6, 6.07) is 65.3. The third-order valence-corrected chi connectivity index (χ3v) is 9.24. The Morgan fingerprint density at radius 3 is 1.49 bits per heavy atom. The van der Waals surface area contributed by atoms with E-state index in [1.165, 1.54) is 55.3 Å². The van der Waals surface area contributed by atoms with Gasteiger partial charge in [-0.25, -0.2) is 0 Å². The Bertz CT molecular complexity index is 2540. The largest absolute Gasteiger partial charge is 0.456 e. The van der Waals surface area contributed by atoms with Crippen LogP contribution in [0.2, 0.25) is 0 Å². The van der Waals surface area contributed by atoms with Crippen molar-refractivity contribution in [3.8, 4) is 55.6 Å². The molecule has 0 aliphatic heterocycles. The van der Waals surface area contributed by atoms with Crippen molar-refractivity contribution < 1.29 is 4.42 Å². The molecule has 8 aromatic carbocycles. The molecule has 47 heavy (non-hydrogen) atoms. The summed E-state index contributed by atoms with van der Waals surface area (Å²) < 4.78 is 6.41. The molecule has 0 saturated heterocycles. The summed E-state index contributed by atoms with van der Waals surface area (Å²) in [4.78, 5) is 0. The second-order valence-electron chi connectivity index (χ2n) is 12.2. The molecule has 0 fully saturated rings. The van der Waals surface area contributed by atoms with E-state index >= 15 is 0 Å². The summed E-state index contributed by atoms with van der Waals surface area (Å²) in [5, 5.41) is 4.79. The number of rotatable bonds is 5. The first kappa shape index (κ1) is 27.2. The third kappa shape index (κ3) is 4.99. The molecule has 1 nitrogen and oxygen atoms in total. The SMILES string of the molecule is c1ccc(-c2cc(-c3ccc(-c4cc(-c5ccccc5)cc5oc6ccccc6c45)cc3)cc(-c3ccc4ccccc4c3)c2)cc1. The monoisotopic (exact) mass is 598 g/mol. The van der Waals surface area contributed by atoms with E-state index in [1.54, 1.807) is 0 Å². The van der Waals surface area contributed by atoms with Crippen LogP contribution < -0.4 is 0 Å². The normalized spacial score (nSPS) is 11.4. The zero-order chi connectivity index (χ0) is 31.2. The molecule has 0 amide bonds. The maximum absolute atomic E-state index is 6.41. The van der Waals surface area contributed by atoms with Crippen molar-refractivity contribution in [2.45, 2.75) is 0 Å². The number of benzene rings is 8. The van der Waals surface area contributed by atoms with E-state index in [0.29, 0.717) is 0 Å². The lowest BCUT2D eigenvalue weighted by Crippen LogP contribution is -1.88. The first-order chi connectivity index (χ1) is 23.3. The van der Waals surface area contributed by atoms with Crippen molar-refractivity contribution in [1.82, 2.24) is 0 Å². The Morgan fingerprint density at radius 2 is 0.787 bits per heavy atom. The van der Waals surface area contributed by atoms with Crippen LogP contribution in [0.5, 0.6) is 0 Å². The van der Waals surface area contributed by atoms with Gasteiger partial charge < -0.3 is 4.42 Å². The molecule has 0 spiro atoms. The first-order valence-electron chi connectivity index (χ1n) is 16.1. The second-order valence-corrected chi connectivity index (χ2v) is 12.2. The topological polar surface area (TPSA) is 13.1 Å². The average Bonchev–Trinajstić information content (AvgIpc) is 3.53. The summed E-state index contributed by atoms with van der Waals surface area (Å²) in [5.74, 6) is 0. The van der Waals surface area contributed by atoms with Crippen molar-refractivity contribution in [2.75, 3.05) is 0 Å². The van der Waals surface area contributed by atoms with Crippen LogP contribution in [0.3, 0.4) is 0 Å². The fourth-order valence-electron chi connectivity index (χ4n) is 6.85. The summed E-state index contributed by atoms with van der Waals surface area (Å²) in [5.41, 5.74) is 13.7. The van der Waals surface area contributed by atoms with Crippen molar-refractivity contribution in [1.29, 1.82) is 0 Å². The van der Waals surface area contributed by atoms with Gasteiger partial charge >= 0.3 is 0 Å². The molecule has 0 atom stereocenters. The smallest absolute Gasteiger partial charge is 0.136 e. The maximum atomic E-state index is 6.41. The molecule has 0 N–H and O–H groups in total. The van der Waals surface area contributed by atoms with E-state index in [9.17, 15) is 0 Å². The molecule has 220 valence electrons. The fourth-order valence-corrected chi connectivity index (χ4v) is 6.85. The van der Waals surface area contributed by atoms with Crippen LogP contribution >= 0.6 is 0 Å². The first-order valence-corrected chi connectivity index (χ1v) is 16.1. The zero-order valence-electron chi connectivity index (χ0n) is 25.7. The molecule has 0 aliphatic carbocycles. The number of para-hydroxylation sites is 1. The molecule has 1 heteroatoms. The highest BCUT2D eigenvalue weighted by atomic mass is 16.3. The van der Waals surface area contributed by atoms with Crippen LogP contribution in [0.25, 0.3) is 88.3 Å². The third-order valence-electron chi connectivity index (χ3n) is 9.24. The number of hydrogen-bond acceptors (Lipinski definition) is 1. The van der Waals surface area contributed by atoms with E-state index in [4.69, 9.17) is 4.42 Å². The van der Waals surface area contributed by atoms with Crippen LogP contribution in [-0.2, 0) is 0 Å². The van der Waals surface area contributed by atoms with Gasteiger partial charge in [0.2, 0.25) is 0 Å². The van der Waals surface area contributed by atoms with Gasteiger partial charge in [-0.3, -0.25) is 0 Å². The van der Waals surface area contributed by atoms with Crippen LogP contribution in [0.15, 0.2) is 186 Å². The molecule has 0 unspecified atom stereocenters. The van der Waals surface area contributed by atoms with Crippen molar-refractivity contribution >= 4 is 32.7 Å². The predicted octanol–water partition coefficient (Wildman–Crippen LogP) is 13.1. The molecule has 0 radical (unpaired) electrons. The van der Waals surface area contributed by atoms with Gasteiger partial charge in [-0.15, -0.1) is 0 Å². The maximum Gasteiger partial charge on any atom is 0.136 e. The molecule has 9 aromatic rings. The highest BCUT2D eigenvalue weighted by Gasteiger charge is 2.16. The average molecular weight is 599 g/mol. The Labute approximate surface area is 274 Å². The Hall–Kier alpha value is -6.18. The highest BCUT2D eigenvalue weighted by molar-refractivity contribution is 6.13. The highest BCUT2D eigenvalue weighted by Crippen LogP contribution is 2.41. The molecule has 0 aliphatic rings. The van der Waals surface area contributed by atoms with Crippen molar-refractivity contribution in [2.24, 2.45) is 0 Å². The fraction of sp³-hybridized carbons (Fsp3) is 0. The number of hydrogen-bond donors (Lipinski definition) is 0. The van der Waals surface area contributed by atoms with E-state index in [-0.39, 0.29) is 0 Å². The molecular weight excluding hydrogens is 569 g/mol. The molecule has 9 rings (SSSR count). The molecule has 1 aromatic heterocycles. The standard InChI is InChI=1S/C46H30O/c1-3-11-31(12-4-1)38-26-39(28-40(27-38)37-24-21-33-15-7-8-16-36(33)25-37)34-19-22-35(23-20-34)43-29-41(32-13-5-2-6-14-32)30-45-46(43)42-17-9-10-18-44(42)47-45/h1-30H. The Kier molecular flexibility index (Phi) is 6.54. The minimum Gasteiger partial charge on any atom is -0.456 e. The van der Waals surface area contributed by atoms with Crippen LogP contribution in [0, 0.1) is 0 Å². The van der Waals surface area contributed by atoms with Gasteiger partial charge in [0.1, 0.15) is 11.2 Å². The van der Waals surface area contributed by atoms with Gasteiger partial charge in [-0.1, -0.05) is 140 Å². The van der Waals surface area contributed by atoms with E-state index in [1.807, 2.05) is 6.07 Å². The lowest BCUT2D eigenvalue weighted by molar-refractivity contribution is 0.669. The van der Waals surface area contributed by atoms with Gasteiger partial charge in [0.05, 0.1) is 0 Å². The van der Waals surface area contributed by atoms with E-state index < -0.39 is 0 Å². The zero-order valence-corrected chi connectivity index (χ0v) is 25.7. The van der Waals surface area contributed by atoms with E-state index in [0.717, 1.165) is 33.1 Å². The Balaban J connectivity index is 1.19. The summed E-state index contributed by atoms with van der Waals surface area (Å²) in [6.07, 6.45) is 0. The lowest BCUT2D eigenvalue weighted by atomic mass is 9.91. The summed E-state index contributed by atoms with van der Waals surface area (Å²) >= 11 is 0. The molecular formula is C46H30O. The number of fused-ring (bicyclic) bond motifs is 4. The lowest BCUT2D eigenvalue weighted by Gasteiger charge is -2.13. The quantitative estimate of drug-likeness (QED) is 0.192. The minimum atomic E-state index is 0.905. The minimum absolute atomic E-state index is 0.905. The summed E-state index contributed by atoms with van der Waals surface area (Å²) in [6.45, 7) is 0. The van der Waals surface area contributed by atoms with Crippen LogP contribution in [0.1, 0.15) is 0 Å². The van der Waals surface area contributed by atoms with E-state index in [2.05, 4.69) is 176 Å². The van der Waals surface area contributed by atoms with Crippen molar-refractivity contribution in [3.63, 3.8) is 0 Å². The second kappa shape index (κ2) is 11.3.